The molecule has 1 fully saturated rings. The number of hydrogen-bond donors (Lipinski definition) is 2. The lowest BCUT2D eigenvalue weighted by Crippen LogP contribution is -2.31. The summed E-state index contributed by atoms with van der Waals surface area (Å²) in [4.78, 5) is 0. The molecule has 1 aromatic rings. The second-order valence-electron chi connectivity index (χ2n) is 6.16. The summed E-state index contributed by atoms with van der Waals surface area (Å²) in [5.74, 6) is 1.54. The molecule has 0 amide bonds. The van der Waals surface area contributed by atoms with Gasteiger partial charge < -0.3 is 20.5 Å². The molecule has 1 aliphatic heterocycles. The van der Waals surface area contributed by atoms with E-state index in [2.05, 4.69) is 19.2 Å². The second kappa shape index (κ2) is 4.51. The quantitative estimate of drug-likeness (QED) is 0.804. The highest BCUT2D eigenvalue weighted by Crippen LogP contribution is 2.42. The first-order chi connectivity index (χ1) is 9.06. The smallest absolute Gasteiger partial charge is 0.163 e. The molecule has 1 aliphatic carbocycles. The molecule has 104 valence electrons. The molecule has 3 N–H and O–H groups in total. The predicted molar refractivity (Wildman–Crippen MR) is 76.9 cm³/mol. The van der Waals surface area contributed by atoms with Gasteiger partial charge in [0.05, 0.1) is 11.4 Å². The number of anilines is 2. The van der Waals surface area contributed by atoms with Crippen molar-refractivity contribution in [1.82, 2.24) is 0 Å². The van der Waals surface area contributed by atoms with Crippen molar-refractivity contribution in [3.05, 3.63) is 12.1 Å². The number of rotatable bonds is 2. The van der Waals surface area contributed by atoms with E-state index < -0.39 is 0 Å². The molecule has 3 rings (SSSR count). The predicted octanol–water partition coefficient (Wildman–Crippen LogP) is 3.03. The molecular formula is C15H22N2O2. The van der Waals surface area contributed by atoms with Crippen molar-refractivity contribution >= 4 is 11.4 Å². The van der Waals surface area contributed by atoms with E-state index >= 15 is 0 Å². The normalized spacial score (nSPS) is 24.2. The lowest BCUT2D eigenvalue weighted by Gasteiger charge is -2.30. The van der Waals surface area contributed by atoms with E-state index in [1.165, 1.54) is 19.3 Å². The first kappa shape index (κ1) is 12.5. The van der Waals surface area contributed by atoms with Crippen LogP contribution in [0.15, 0.2) is 12.1 Å². The average molecular weight is 262 g/mol. The van der Waals surface area contributed by atoms with E-state index in [9.17, 15) is 0 Å². The zero-order valence-corrected chi connectivity index (χ0v) is 11.7. The van der Waals surface area contributed by atoms with E-state index in [0.29, 0.717) is 24.7 Å². The Morgan fingerprint density at radius 3 is 2.53 bits per heavy atom. The maximum atomic E-state index is 6.11. The molecule has 1 unspecified atom stereocenters. The van der Waals surface area contributed by atoms with Gasteiger partial charge >= 0.3 is 0 Å². The van der Waals surface area contributed by atoms with Crippen molar-refractivity contribution in [3.8, 4) is 11.5 Å². The molecule has 1 atom stereocenters. The monoisotopic (exact) mass is 262 g/mol. The van der Waals surface area contributed by atoms with Gasteiger partial charge in [-0.05, 0) is 18.3 Å². The molecule has 0 aromatic heterocycles. The molecule has 0 spiro atoms. The molecule has 0 radical (unpaired) electrons. The summed E-state index contributed by atoms with van der Waals surface area (Å²) in [5.41, 5.74) is 8.12. The molecule has 1 aromatic carbocycles. The van der Waals surface area contributed by atoms with Gasteiger partial charge in [-0.15, -0.1) is 0 Å². The molecule has 19 heavy (non-hydrogen) atoms. The van der Waals surface area contributed by atoms with Gasteiger partial charge in [0.25, 0.3) is 0 Å². The first-order valence-corrected chi connectivity index (χ1v) is 7.02. The van der Waals surface area contributed by atoms with Crippen molar-refractivity contribution in [2.75, 3.05) is 24.3 Å². The lowest BCUT2D eigenvalue weighted by molar-refractivity contribution is 0.172. The standard InChI is InChI=1S/C15H22N2O2/c1-15(2)5-3-4-14(15)17-11-9-13-12(8-10(11)16)18-6-7-19-13/h8-9,14,17H,3-7,16H2,1-2H3. The fourth-order valence-electron chi connectivity index (χ4n) is 3.01. The minimum absolute atomic E-state index is 0.319. The topological polar surface area (TPSA) is 56.5 Å². The number of nitrogens with two attached hydrogens (primary N) is 1. The van der Waals surface area contributed by atoms with Crippen LogP contribution in [0.1, 0.15) is 33.1 Å². The number of nitrogens with one attached hydrogen (secondary N) is 1. The molecule has 1 saturated carbocycles. The molecule has 4 heteroatoms. The highest BCUT2D eigenvalue weighted by Gasteiger charge is 2.34. The minimum atomic E-state index is 0.319. The summed E-state index contributed by atoms with van der Waals surface area (Å²) >= 11 is 0. The van der Waals surface area contributed by atoms with Crippen LogP contribution in [-0.2, 0) is 0 Å². The van der Waals surface area contributed by atoms with Gasteiger partial charge in [-0.3, -0.25) is 0 Å². The Bertz CT molecular complexity index is 485. The zero-order valence-electron chi connectivity index (χ0n) is 11.7. The van der Waals surface area contributed by atoms with E-state index in [1.54, 1.807) is 0 Å². The Kier molecular flexibility index (Phi) is 2.96. The summed E-state index contributed by atoms with van der Waals surface area (Å²) in [7, 11) is 0. The summed E-state index contributed by atoms with van der Waals surface area (Å²) in [5, 5.41) is 3.59. The fraction of sp³-hybridized carbons (Fsp3) is 0.600. The largest absolute Gasteiger partial charge is 0.486 e. The van der Waals surface area contributed by atoms with Crippen LogP contribution in [0.2, 0.25) is 0 Å². The summed E-state index contributed by atoms with van der Waals surface area (Å²) in [6.07, 6.45) is 3.73. The van der Waals surface area contributed by atoms with Crippen molar-refractivity contribution < 1.29 is 9.47 Å². The lowest BCUT2D eigenvalue weighted by atomic mass is 9.87. The highest BCUT2D eigenvalue weighted by atomic mass is 16.6. The third-order valence-corrected chi connectivity index (χ3v) is 4.30. The number of hydrogen-bond acceptors (Lipinski definition) is 4. The molecule has 2 aliphatic rings. The number of fused-ring (bicyclic) bond motifs is 1. The van der Waals surface area contributed by atoms with Gasteiger partial charge in [0.15, 0.2) is 11.5 Å². The van der Waals surface area contributed by atoms with Gasteiger partial charge in [-0.2, -0.15) is 0 Å². The zero-order chi connectivity index (χ0) is 13.5. The van der Waals surface area contributed by atoms with Crippen LogP contribution in [0.4, 0.5) is 11.4 Å². The van der Waals surface area contributed by atoms with Crippen molar-refractivity contribution in [2.24, 2.45) is 5.41 Å². The van der Waals surface area contributed by atoms with Crippen LogP contribution >= 0.6 is 0 Å². The Labute approximate surface area is 114 Å². The van der Waals surface area contributed by atoms with E-state index in [0.717, 1.165) is 22.9 Å². The Morgan fingerprint density at radius 2 is 1.89 bits per heavy atom. The van der Waals surface area contributed by atoms with Gasteiger partial charge in [-0.1, -0.05) is 20.3 Å². The number of ether oxygens (including phenoxy) is 2. The van der Waals surface area contributed by atoms with Crippen LogP contribution in [-0.4, -0.2) is 19.3 Å². The number of nitrogen functional groups attached to an aromatic ring is 1. The average Bonchev–Trinajstić information content (AvgIpc) is 2.70. The maximum absolute atomic E-state index is 6.11. The summed E-state index contributed by atoms with van der Waals surface area (Å²) in [6.45, 7) is 5.82. The first-order valence-electron chi connectivity index (χ1n) is 7.02. The SMILES string of the molecule is CC1(C)CCCC1Nc1cc2c(cc1N)OCCO2. The van der Waals surface area contributed by atoms with Crippen molar-refractivity contribution in [2.45, 2.75) is 39.2 Å². The van der Waals surface area contributed by atoms with Gasteiger partial charge in [0.2, 0.25) is 0 Å². The molecular weight excluding hydrogens is 240 g/mol. The highest BCUT2D eigenvalue weighted by molar-refractivity contribution is 5.72. The molecule has 0 saturated heterocycles. The van der Waals surface area contributed by atoms with Crippen LogP contribution in [0.5, 0.6) is 11.5 Å². The molecule has 1 heterocycles. The van der Waals surface area contributed by atoms with E-state index in [-0.39, 0.29) is 0 Å². The third kappa shape index (κ3) is 2.31. The fourth-order valence-corrected chi connectivity index (χ4v) is 3.01. The van der Waals surface area contributed by atoms with Crippen LogP contribution in [0.25, 0.3) is 0 Å². The van der Waals surface area contributed by atoms with Gasteiger partial charge in [-0.25, -0.2) is 0 Å². The van der Waals surface area contributed by atoms with E-state index in [4.69, 9.17) is 15.2 Å². The van der Waals surface area contributed by atoms with Crippen molar-refractivity contribution in [3.63, 3.8) is 0 Å². The molecule has 0 bridgehead atoms. The molecule has 4 nitrogen and oxygen atoms in total. The van der Waals surface area contributed by atoms with Gasteiger partial charge in [0.1, 0.15) is 13.2 Å². The minimum Gasteiger partial charge on any atom is -0.486 e. The second-order valence-corrected chi connectivity index (χ2v) is 6.16. The van der Waals surface area contributed by atoms with Gasteiger partial charge in [0, 0.05) is 18.2 Å². The Morgan fingerprint density at radius 1 is 1.21 bits per heavy atom. The van der Waals surface area contributed by atoms with Crippen LogP contribution in [0.3, 0.4) is 0 Å². The maximum Gasteiger partial charge on any atom is 0.163 e. The summed E-state index contributed by atoms with van der Waals surface area (Å²) in [6, 6.07) is 4.30. The third-order valence-electron chi connectivity index (χ3n) is 4.30. The van der Waals surface area contributed by atoms with Crippen LogP contribution in [0, 0.1) is 5.41 Å². The van der Waals surface area contributed by atoms with E-state index in [1.807, 2.05) is 12.1 Å². The summed E-state index contributed by atoms with van der Waals surface area (Å²) < 4.78 is 11.2. The van der Waals surface area contributed by atoms with Crippen LogP contribution < -0.4 is 20.5 Å². The van der Waals surface area contributed by atoms with Crippen molar-refractivity contribution in [1.29, 1.82) is 0 Å². The Balaban J connectivity index is 1.85. The Hall–Kier alpha value is -1.58. The number of benzene rings is 1.